The van der Waals surface area contributed by atoms with Gasteiger partial charge in [0.2, 0.25) is 0 Å². The van der Waals surface area contributed by atoms with Crippen LogP contribution in [0, 0.1) is 10.8 Å². The molecule has 128 valence electrons. The normalized spacial score (nSPS) is 25.6. The average Bonchev–Trinajstić information content (AvgIpc) is 2.42. The molecule has 2 atom stereocenters. The van der Waals surface area contributed by atoms with Gasteiger partial charge < -0.3 is 10.6 Å². The second kappa shape index (κ2) is 6.48. The Kier molecular flexibility index (Phi) is 5.17. The summed E-state index contributed by atoms with van der Waals surface area (Å²) in [6.07, 6.45) is 4.24. The number of aliphatic imine (C=N–C) groups is 2. The highest BCUT2D eigenvalue weighted by molar-refractivity contribution is 6.31. The summed E-state index contributed by atoms with van der Waals surface area (Å²) in [7, 11) is 0. The van der Waals surface area contributed by atoms with Gasteiger partial charge in [-0.05, 0) is 24.2 Å². The molecule has 0 aromatic heterocycles. The highest BCUT2D eigenvalue weighted by Gasteiger charge is 2.37. The van der Waals surface area contributed by atoms with E-state index < -0.39 is 0 Å². The summed E-state index contributed by atoms with van der Waals surface area (Å²) in [6, 6.07) is -0.0165. The third-order valence-corrected chi connectivity index (χ3v) is 5.25. The van der Waals surface area contributed by atoms with Gasteiger partial charge >= 0.3 is 0 Å². The van der Waals surface area contributed by atoms with Crippen LogP contribution in [0.5, 0.6) is 0 Å². The van der Waals surface area contributed by atoms with Crippen molar-refractivity contribution in [3.05, 3.63) is 21.5 Å². The van der Waals surface area contributed by atoms with Crippen LogP contribution in [0.25, 0.3) is 0 Å². The molecular weight excluding hydrogens is 331 g/mol. The molecule has 0 saturated heterocycles. The Morgan fingerprint density at radius 3 is 2.35 bits per heavy atom. The Morgan fingerprint density at radius 1 is 1.09 bits per heavy atom. The zero-order chi connectivity index (χ0) is 17.4. The minimum Gasteiger partial charge on any atom is -0.368 e. The van der Waals surface area contributed by atoms with Crippen molar-refractivity contribution in [3.8, 4) is 0 Å². The van der Waals surface area contributed by atoms with E-state index >= 15 is 0 Å². The van der Waals surface area contributed by atoms with E-state index in [2.05, 4.69) is 55.2 Å². The van der Waals surface area contributed by atoms with Gasteiger partial charge in [-0.1, -0.05) is 57.8 Å². The van der Waals surface area contributed by atoms with Crippen LogP contribution in [0.2, 0.25) is 0 Å². The predicted molar refractivity (Wildman–Crippen MR) is 100 cm³/mol. The van der Waals surface area contributed by atoms with Gasteiger partial charge in [0, 0.05) is 5.70 Å². The van der Waals surface area contributed by atoms with Crippen molar-refractivity contribution in [2.45, 2.75) is 60.0 Å². The van der Waals surface area contributed by atoms with Crippen LogP contribution in [-0.2, 0) is 0 Å². The molecule has 0 saturated carbocycles. The number of hydrogen-bond acceptors (Lipinski definition) is 4. The van der Waals surface area contributed by atoms with Gasteiger partial charge in [-0.25, -0.2) is 4.99 Å². The molecule has 2 heterocycles. The van der Waals surface area contributed by atoms with E-state index in [1.54, 1.807) is 12.7 Å². The minimum atomic E-state index is -0.138. The fraction of sp³-hybridized carbons (Fsp3) is 0.647. The number of allylic oxidation sites excluding steroid dienone is 2. The highest BCUT2D eigenvalue weighted by Crippen LogP contribution is 2.40. The van der Waals surface area contributed by atoms with E-state index in [0.29, 0.717) is 0 Å². The first-order chi connectivity index (χ1) is 10.5. The minimum absolute atomic E-state index is 0.00684. The molecule has 0 aromatic carbocycles. The Balaban J connectivity index is 2.25. The van der Waals surface area contributed by atoms with Crippen molar-refractivity contribution in [2.24, 2.45) is 20.8 Å². The molecule has 2 rings (SSSR count). The Labute approximate surface area is 149 Å². The third-order valence-electron chi connectivity index (χ3n) is 4.32. The number of rotatable bonds is 3. The Hall–Kier alpha value is -1.00. The Bertz CT molecular complexity index is 594. The predicted octanol–water partition coefficient (Wildman–Crippen LogP) is 4.37. The monoisotopic (exact) mass is 356 g/mol. The average molecular weight is 357 g/mol. The molecule has 0 amide bonds. The fourth-order valence-corrected chi connectivity index (χ4v) is 3.82. The lowest BCUT2D eigenvalue weighted by Gasteiger charge is -2.38. The summed E-state index contributed by atoms with van der Waals surface area (Å²) in [4.78, 5) is 8.72. The third kappa shape index (κ3) is 3.92. The van der Waals surface area contributed by atoms with E-state index in [9.17, 15) is 0 Å². The lowest BCUT2D eigenvalue weighted by molar-refractivity contribution is 0.289. The van der Waals surface area contributed by atoms with Crippen LogP contribution in [-0.4, -0.2) is 24.8 Å². The highest BCUT2D eigenvalue weighted by atomic mass is 35.5. The molecule has 2 aliphatic heterocycles. The van der Waals surface area contributed by atoms with E-state index in [0.717, 1.165) is 27.9 Å². The SMILES string of the molecule is CC1=C(Cl)C(C(C)(C)CC2=C(Cl)C(C(C)(C)C)N=CN2)NC=N1. The quantitative estimate of drug-likeness (QED) is 0.788. The van der Waals surface area contributed by atoms with Gasteiger partial charge in [0.25, 0.3) is 0 Å². The molecule has 0 spiro atoms. The van der Waals surface area contributed by atoms with Crippen molar-refractivity contribution in [1.82, 2.24) is 10.6 Å². The summed E-state index contributed by atoms with van der Waals surface area (Å²) in [5.74, 6) is 0. The van der Waals surface area contributed by atoms with Crippen LogP contribution in [0.4, 0.5) is 0 Å². The van der Waals surface area contributed by atoms with Gasteiger partial charge in [-0.3, -0.25) is 4.99 Å². The molecule has 23 heavy (non-hydrogen) atoms. The van der Waals surface area contributed by atoms with E-state index in [4.69, 9.17) is 23.2 Å². The molecule has 0 bridgehead atoms. The summed E-state index contributed by atoms with van der Waals surface area (Å²) in [5.41, 5.74) is 1.71. The topological polar surface area (TPSA) is 48.8 Å². The molecule has 6 heteroatoms. The first-order valence-corrected chi connectivity index (χ1v) is 8.61. The molecule has 0 aromatic rings. The van der Waals surface area contributed by atoms with Gasteiger partial charge in [-0.15, -0.1) is 0 Å². The van der Waals surface area contributed by atoms with Crippen molar-refractivity contribution in [3.63, 3.8) is 0 Å². The van der Waals surface area contributed by atoms with Gasteiger partial charge in [0.05, 0.1) is 40.5 Å². The number of nitrogens with zero attached hydrogens (tertiary/aromatic N) is 2. The second-order valence-electron chi connectivity index (χ2n) is 7.97. The largest absolute Gasteiger partial charge is 0.368 e. The van der Waals surface area contributed by atoms with Gasteiger partial charge in [0.1, 0.15) is 0 Å². The van der Waals surface area contributed by atoms with Crippen LogP contribution in [0.15, 0.2) is 31.4 Å². The lowest BCUT2D eigenvalue weighted by atomic mass is 9.77. The van der Waals surface area contributed by atoms with Crippen LogP contribution >= 0.6 is 23.2 Å². The summed E-state index contributed by atoms with van der Waals surface area (Å²) in [5, 5.41) is 8.05. The number of halogens is 2. The first kappa shape index (κ1) is 18.3. The number of hydrogen-bond donors (Lipinski definition) is 2. The van der Waals surface area contributed by atoms with Crippen LogP contribution in [0.3, 0.4) is 0 Å². The summed E-state index contributed by atoms with van der Waals surface area (Å²) in [6.45, 7) is 12.7. The van der Waals surface area contributed by atoms with Crippen molar-refractivity contribution < 1.29 is 0 Å². The second-order valence-corrected chi connectivity index (χ2v) is 8.79. The zero-order valence-corrected chi connectivity index (χ0v) is 16.2. The van der Waals surface area contributed by atoms with Crippen molar-refractivity contribution in [2.75, 3.05) is 0 Å². The summed E-state index contributed by atoms with van der Waals surface area (Å²) >= 11 is 13.1. The molecule has 0 radical (unpaired) electrons. The number of nitrogens with one attached hydrogen (secondary N) is 2. The molecule has 0 aliphatic carbocycles. The van der Waals surface area contributed by atoms with E-state index in [1.165, 1.54) is 0 Å². The maximum Gasteiger partial charge on any atom is 0.0937 e. The van der Waals surface area contributed by atoms with Gasteiger partial charge in [0.15, 0.2) is 0 Å². The fourth-order valence-electron chi connectivity index (χ4n) is 2.91. The van der Waals surface area contributed by atoms with E-state index in [-0.39, 0.29) is 22.9 Å². The maximum absolute atomic E-state index is 6.66. The summed E-state index contributed by atoms with van der Waals surface area (Å²) < 4.78 is 0. The zero-order valence-electron chi connectivity index (χ0n) is 14.7. The van der Waals surface area contributed by atoms with Crippen LogP contribution < -0.4 is 10.6 Å². The van der Waals surface area contributed by atoms with Crippen LogP contribution in [0.1, 0.15) is 48.0 Å². The standard InChI is InChI=1S/C17H26Cl2N4/c1-10-12(18)15(23-8-20-10)17(5,6)7-11-13(19)14(16(2,3)4)22-9-21-11/h8-9,14-15H,7H2,1-6H3,(H,20,23)(H,21,22). The maximum atomic E-state index is 6.66. The molecule has 2 aliphatic rings. The van der Waals surface area contributed by atoms with Crippen molar-refractivity contribution in [1.29, 1.82) is 0 Å². The lowest BCUT2D eigenvalue weighted by Crippen LogP contribution is -2.45. The smallest absolute Gasteiger partial charge is 0.0937 e. The van der Waals surface area contributed by atoms with Gasteiger partial charge in [-0.2, -0.15) is 0 Å². The molecule has 2 N–H and O–H groups in total. The molecular formula is C17H26Cl2N4. The van der Waals surface area contributed by atoms with Crippen molar-refractivity contribution >= 4 is 35.9 Å². The Morgan fingerprint density at radius 2 is 1.74 bits per heavy atom. The van der Waals surface area contributed by atoms with E-state index in [1.807, 2.05) is 6.92 Å². The molecule has 0 fully saturated rings. The molecule has 2 unspecified atom stereocenters. The first-order valence-electron chi connectivity index (χ1n) is 7.85. The molecule has 4 nitrogen and oxygen atoms in total.